The van der Waals surface area contributed by atoms with Crippen molar-refractivity contribution in [2.75, 3.05) is 0 Å². The Hall–Kier alpha value is -2.95. The average Bonchev–Trinajstić information content (AvgIpc) is 2.66. The zero-order chi connectivity index (χ0) is 17.7. The Kier molecular flexibility index (Phi) is 3.13. The molecule has 1 spiro atoms. The lowest BCUT2D eigenvalue weighted by Gasteiger charge is -2.63. The van der Waals surface area contributed by atoms with E-state index in [1.54, 1.807) is 24.5 Å². The van der Waals surface area contributed by atoms with Gasteiger partial charge in [-0.15, -0.1) is 0 Å². The van der Waals surface area contributed by atoms with Crippen LogP contribution in [-0.2, 0) is 9.47 Å². The minimum absolute atomic E-state index is 0.343. The molecule has 7 nitrogen and oxygen atoms in total. The third kappa shape index (κ3) is 1.60. The van der Waals surface area contributed by atoms with Gasteiger partial charge in [0.2, 0.25) is 11.7 Å². The first kappa shape index (κ1) is 15.6. The van der Waals surface area contributed by atoms with Gasteiger partial charge in [0.25, 0.3) is 0 Å². The first-order valence-corrected chi connectivity index (χ1v) is 8.20. The molecule has 7 heteroatoms. The Morgan fingerprint density at radius 3 is 2.48 bits per heavy atom. The molecule has 0 aromatic carbocycles. The Labute approximate surface area is 144 Å². The highest BCUT2D eigenvalue weighted by atomic mass is 16.7. The second-order valence-electron chi connectivity index (χ2n) is 6.77. The van der Waals surface area contributed by atoms with Gasteiger partial charge in [-0.25, -0.2) is 0 Å². The van der Waals surface area contributed by atoms with E-state index in [0.717, 1.165) is 12.8 Å². The normalized spacial score (nSPS) is 37.7. The summed E-state index contributed by atoms with van der Waals surface area (Å²) in [6, 6.07) is 9.69. The van der Waals surface area contributed by atoms with Crippen LogP contribution in [0.25, 0.3) is 0 Å². The van der Waals surface area contributed by atoms with E-state index in [2.05, 4.69) is 23.2 Å². The molecular weight excluding hydrogens is 318 g/mol. The molecule has 0 amide bonds. The van der Waals surface area contributed by atoms with Crippen molar-refractivity contribution in [2.24, 2.45) is 16.7 Å². The molecule has 0 radical (unpaired) electrons. The third-order valence-corrected chi connectivity index (χ3v) is 5.83. The van der Waals surface area contributed by atoms with Gasteiger partial charge in [-0.2, -0.15) is 15.8 Å². The molecule has 25 heavy (non-hydrogen) atoms. The third-order valence-electron chi connectivity index (χ3n) is 5.83. The predicted molar refractivity (Wildman–Crippen MR) is 83.3 cm³/mol. The number of nitriles is 3. The molecule has 1 N–H and O–H groups in total. The molecule has 4 atom stereocenters. The summed E-state index contributed by atoms with van der Waals surface area (Å²) in [7, 11) is 0. The van der Waals surface area contributed by atoms with Crippen molar-refractivity contribution in [2.45, 2.75) is 37.6 Å². The van der Waals surface area contributed by atoms with E-state index < -0.39 is 28.6 Å². The van der Waals surface area contributed by atoms with Gasteiger partial charge in [-0.3, -0.25) is 10.4 Å². The van der Waals surface area contributed by atoms with Gasteiger partial charge in [0, 0.05) is 18.8 Å². The zero-order valence-electron chi connectivity index (χ0n) is 13.4. The van der Waals surface area contributed by atoms with E-state index in [1.165, 1.54) is 0 Å². The molecule has 4 fully saturated rings. The molecule has 3 aliphatic heterocycles. The topological polar surface area (TPSA) is 127 Å². The highest BCUT2D eigenvalue weighted by Crippen LogP contribution is 2.69. The number of nitrogens with one attached hydrogen (secondary N) is 1. The number of ether oxygens (including phenoxy) is 2. The Bertz CT molecular complexity index is 850. The van der Waals surface area contributed by atoms with Crippen LogP contribution in [0, 0.1) is 56.2 Å². The van der Waals surface area contributed by atoms with Crippen LogP contribution >= 0.6 is 0 Å². The smallest absolute Gasteiger partial charge is 0.218 e. The van der Waals surface area contributed by atoms with Crippen molar-refractivity contribution in [1.29, 1.82) is 21.2 Å². The molecule has 4 aliphatic rings. The fraction of sp³-hybridized carbons (Fsp3) is 0.500. The van der Waals surface area contributed by atoms with Crippen LogP contribution in [-0.4, -0.2) is 16.7 Å². The summed E-state index contributed by atoms with van der Waals surface area (Å²) < 4.78 is 12.1. The number of aromatic nitrogens is 1. The molecule has 1 aliphatic carbocycles. The van der Waals surface area contributed by atoms with Crippen LogP contribution in [0.5, 0.6) is 0 Å². The first-order chi connectivity index (χ1) is 12.1. The average molecular weight is 333 g/mol. The van der Waals surface area contributed by atoms with E-state index in [-0.39, 0.29) is 5.90 Å². The van der Waals surface area contributed by atoms with Gasteiger partial charge < -0.3 is 9.47 Å². The standard InChI is InChI=1S/C18H15N5O2/c19-9-16(10-20)13-3-1-2-6-18(13)24-14(12-4-7-23-8-5-12)17(16,11-21)15(22)25-18/h4-5,7-8,13-14,22H,1-3,6H2/t13-,14+,17-,18-/m1/s1. The van der Waals surface area contributed by atoms with E-state index >= 15 is 0 Å². The Balaban J connectivity index is 2.02. The van der Waals surface area contributed by atoms with E-state index in [1.807, 2.05) is 0 Å². The van der Waals surface area contributed by atoms with Crippen molar-refractivity contribution in [3.05, 3.63) is 30.1 Å². The Morgan fingerprint density at radius 1 is 1.12 bits per heavy atom. The quantitative estimate of drug-likeness (QED) is 0.841. The summed E-state index contributed by atoms with van der Waals surface area (Å²) in [5.74, 6) is -2.10. The zero-order valence-corrected chi connectivity index (χ0v) is 13.4. The fourth-order valence-electron chi connectivity index (χ4n) is 4.68. The molecule has 5 rings (SSSR count). The molecule has 4 heterocycles. The number of nitrogens with zero attached hydrogens (tertiary/aromatic N) is 4. The van der Waals surface area contributed by atoms with E-state index in [4.69, 9.17) is 14.9 Å². The lowest BCUT2D eigenvalue weighted by molar-refractivity contribution is -0.360. The van der Waals surface area contributed by atoms with Crippen molar-refractivity contribution >= 4 is 5.90 Å². The summed E-state index contributed by atoms with van der Waals surface area (Å²) in [5, 5.41) is 38.6. The molecule has 0 unspecified atom stereocenters. The van der Waals surface area contributed by atoms with Crippen LogP contribution in [0.15, 0.2) is 24.5 Å². The largest absolute Gasteiger partial charge is 0.447 e. The highest BCUT2D eigenvalue weighted by Gasteiger charge is 2.80. The second-order valence-corrected chi connectivity index (χ2v) is 6.77. The second kappa shape index (κ2) is 5.02. The molecule has 124 valence electrons. The van der Waals surface area contributed by atoms with Crippen molar-refractivity contribution in [1.82, 2.24) is 4.98 Å². The van der Waals surface area contributed by atoms with Gasteiger partial charge >= 0.3 is 0 Å². The molecule has 2 bridgehead atoms. The maximum absolute atomic E-state index is 10.1. The monoisotopic (exact) mass is 333 g/mol. The lowest BCUT2D eigenvalue weighted by Crippen LogP contribution is -2.73. The van der Waals surface area contributed by atoms with Gasteiger partial charge in [0.15, 0.2) is 10.8 Å². The summed E-state index contributed by atoms with van der Waals surface area (Å²) in [4.78, 5) is 3.97. The van der Waals surface area contributed by atoms with Crippen molar-refractivity contribution < 1.29 is 9.47 Å². The maximum atomic E-state index is 10.1. The van der Waals surface area contributed by atoms with Crippen LogP contribution in [0.4, 0.5) is 0 Å². The predicted octanol–water partition coefficient (Wildman–Crippen LogP) is 2.59. The van der Waals surface area contributed by atoms with Crippen molar-refractivity contribution in [3.63, 3.8) is 0 Å². The lowest BCUT2D eigenvalue weighted by atomic mass is 9.48. The van der Waals surface area contributed by atoms with Crippen LogP contribution in [0.2, 0.25) is 0 Å². The molecule has 1 aromatic rings. The summed E-state index contributed by atoms with van der Waals surface area (Å²) >= 11 is 0. The SMILES string of the molecule is N#CC1(C#N)[C@H]2CCCC[C@@]23OC(=N)[C@@]1(C#N)[C@H](c1ccncc1)O3. The molecule has 1 aromatic heterocycles. The summed E-state index contributed by atoms with van der Waals surface area (Å²) in [5.41, 5.74) is -2.88. The van der Waals surface area contributed by atoms with Gasteiger partial charge in [-0.05, 0) is 30.5 Å². The number of fused-ring (bicyclic) bond motifs is 2. The van der Waals surface area contributed by atoms with Gasteiger partial charge in [0.1, 0.15) is 6.10 Å². The van der Waals surface area contributed by atoms with Crippen LogP contribution in [0.1, 0.15) is 37.4 Å². The number of rotatable bonds is 1. The minimum atomic E-state index is -1.80. The van der Waals surface area contributed by atoms with Gasteiger partial charge in [0.05, 0.1) is 24.1 Å². The van der Waals surface area contributed by atoms with Crippen molar-refractivity contribution in [3.8, 4) is 18.2 Å². The highest BCUT2D eigenvalue weighted by molar-refractivity contribution is 5.89. The van der Waals surface area contributed by atoms with Crippen LogP contribution < -0.4 is 0 Å². The summed E-state index contributed by atoms with van der Waals surface area (Å²) in [6.45, 7) is 0. The van der Waals surface area contributed by atoms with E-state index in [0.29, 0.717) is 18.4 Å². The summed E-state index contributed by atoms with van der Waals surface area (Å²) in [6.07, 6.45) is 4.91. The maximum Gasteiger partial charge on any atom is 0.218 e. The molecular formula is C18H15N5O2. The number of pyridine rings is 1. The first-order valence-electron chi connectivity index (χ1n) is 8.20. The fourth-order valence-corrected chi connectivity index (χ4v) is 4.68. The van der Waals surface area contributed by atoms with Crippen LogP contribution in [0.3, 0.4) is 0 Å². The molecule has 1 saturated carbocycles. The number of hydrogen-bond acceptors (Lipinski definition) is 7. The number of hydrogen-bond donors (Lipinski definition) is 1. The Morgan fingerprint density at radius 2 is 1.84 bits per heavy atom. The van der Waals surface area contributed by atoms with E-state index in [9.17, 15) is 15.8 Å². The molecule has 3 saturated heterocycles. The van der Waals surface area contributed by atoms with Gasteiger partial charge in [-0.1, -0.05) is 6.42 Å². The minimum Gasteiger partial charge on any atom is -0.447 e.